The van der Waals surface area contributed by atoms with Gasteiger partial charge in [0, 0.05) is 38.5 Å². The SMILES string of the molecule is CCC(CC(F)(F)F)CC(F)(F)F.CCCC(CC(F)(F)C(F)(F)F)CC(F)(F)C(F)(F)F.CCCCC(CC(F)(F)CC(F)(F)F)CC(F)(F)CC(F)(F)F. The average Bonchev–Trinajstić information content (AvgIpc) is 2.85. The summed E-state index contributed by atoms with van der Waals surface area (Å²) in [7, 11) is 0. The van der Waals surface area contributed by atoms with E-state index < -0.39 is 136 Å². The Bertz CT molecular complexity index is 967. The Morgan fingerprint density at radius 3 is 0.839 bits per heavy atom. The second-order valence-corrected chi connectivity index (χ2v) is 13.1. The smallest absolute Gasteiger partial charge is 0.207 e. The van der Waals surface area contributed by atoms with E-state index in [1.807, 2.05) is 0 Å². The summed E-state index contributed by atoms with van der Waals surface area (Å²) >= 11 is 0. The molecule has 0 aromatic heterocycles. The maximum Gasteiger partial charge on any atom is 0.453 e. The summed E-state index contributed by atoms with van der Waals surface area (Å²) in [5, 5.41) is 0. The van der Waals surface area contributed by atoms with E-state index in [0.29, 0.717) is 6.42 Å². The topological polar surface area (TPSA) is 0 Å². The molecule has 0 spiro atoms. The fourth-order valence-corrected chi connectivity index (χ4v) is 5.00. The number of alkyl halides is 26. The Kier molecular flexibility index (Phi) is 23.0. The van der Waals surface area contributed by atoms with Crippen LogP contribution in [0.15, 0.2) is 0 Å². The first kappa shape index (κ1) is 58.5. The first-order chi connectivity index (χ1) is 24.3. The summed E-state index contributed by atoms with van der Waals surface area (Å²) in [6.45, 7) is 4.20. The summed E-state index contributed by atoms with van der Waals surface area (Å²) in [6, 6.07) is 0. The van der Waals surface area contributed by atoms with Crippen LogP contribution in [0.25, 0.3) is 0 Å². The van der Waals surface area contributed by atoms with Crippen molar-refractivity contribution in [3.8, 4) is 0 Å². The average molecular weight is 895 g/mol. The van der Waals surface area contributed by atoms with Crippen molar-refractivity contribution in [2.24, 2.45) is 17.8 Å². The first-order valence-corrected chi connectivity index (χ1v) is 16.2. The molecule has 0 saturated heterocycles. The predicted molar refractivity (Wildman–Crippen MR) is 148 cm³/mol. The van der Waals surface area contributed by atoms with Crippen LogP contribution in [-0.2, 0) is 0 Å². The summed E-state index contributed by atoms with van der Waals surface area (Å²) in [4.78, 5) is 0. The molecule has 0 fully saturated rings. The van der Waals surface area contributed by atoms with Gasteiger partial charge in [-0.3, -0.25) is 0 Å². The minimum atomic E-state index is -5.98. The number of unbranched alkanes of at least 4 members (excludes halogenated alkanes) is 1. The van der Waals surface area contributed by atoms with Crippen LogP contribution in [0.3, 0.4) is 0 Å². The third-order valence-corrected chi connectivity index (χ3v) is 7.29. The standard InChI is InChI=1S/C13H18F10.C10H12F10.C7H10F6/c1-2-3-4-9(5-10(14,15)7-12(18,19)20)6-11(16,17)8-13(21,22)23;1-2-3-6(4-7(11,12)9(15,16)17)5-8(13,14)10(18,19)20;1-2-5(3-6(8,9)10)4-7(11,12)13/h9H,2-8H2,1H3;6H,2-5H2,1H3;5H,2-4H2,1H3. The van der Waals surface area contributed by atoms with Crippen LogP contribution in [0.5, 0.6) is 0 Å². The molecule has 0 N–H and O–H groups in total. The van der Waals surface area contributed by atoms with Gasteiger partial charge in [0.15, 0.2) is 0 Å². The second kappa shape index (κ2) is 22.0. The molecular weight excluding hydrogens is 854 g/mol. The van der Waals surface area contributed by atoms with Crippen LogP contribution < -0.4 is 0 Å². The molecule has 0 atom stereocenters. The van der Waals surface area contributed by atoms with E-state index in [-0.39, 0.29) is 25.7 Å². The molecule has 0 heterocycles. The normalized spacial score (nSPS) is 14.6. The fourth-order valence-electron chi connectivity index (χ4n) is 5.00. The third-order valence-electron chi connectivity index (χ3n) is 7.29. The van der Waals surface area contributed by atoms with Crippen molar-refractivity contribution >= 4 is 0 Å². The number of halogens is 26. The van der Waals surface area contributed by atoms with Gasteiger partial charge < -0.3 is 0 Å². The Morgan fingerprint density at radius 2 is 0.625 bits per heavy atom. The van der Waals surface area contributed by atoms with Crippen molar-refractivity contribution in [3.05, 3.63) is 0 Å². The van der Waals surface area contributed by atoms with Gasteiger partial charge in [-0.05, 0) is 17.8 Å². The van der Waals surface area contributed by atoms with Gasteiger partial charge in [0.1, 0.15) is 12.8 Å². The minimum Gasteiger partial charge on any atom is -0.207 e. The molecule has 0 aliphatic rings. The highest BCUT2D eigenvalue weighted by Gasteiger charge is 2.61. The second-order valence-electron chi connectivity index (χ2n) is 13.1. The van der Waals surface area contributed by atoms with Gasteiger partial charge in [-0.25, -0.2) is 17.6 Å². The van der Waals surface area contributed by atoms with Gasteiger partial charge >= 0.3 is 48.9 Å². The molecule has 342 valence electrons. The molecule has 56 heavy (non-hydrogen) atoms. The van der Waals surface area contributed by atoms with E-state index in [9.17, 15) is 114 Å². The highest BCUT2D eigenvalue weighted by molar-refractivity contribution is 4.85. The summed E-state index contributed by atoms with van der Waals surface area (Å²) in [5.41, 5.74) is 0. The molecule has 0 nitrogen and oxygen atoms in total. The summed E-state index contributed by atoms with van der Waals surface area (Å²) < 4.78 is 318. The van der Waals surface area contributed by atoms with Gasteiger partial charge in [-0.1, -0.05) is 59.3 Å². The van der Waals surface area contributed by atoms with Gasteiger partial charge in [0.25, 0.3) is 11.8 Å². The first-order valence-electron chi connectivity index (χ1n) is 16.2. The zero-order valence-electron chi connectivity index (χ0n) is 29.5. The predicted octanol–water partition coefficient (Wildman–Crippen LogP) is 16.2. The molecule has 0 bridgehead atoms. The Labute approximate surface area is 304 Å². The highest BCUT2D eigenvalue weighted by Crippen LogP contribution is 2.47. The molecule has 0 aromatic rings. The van der Waals surface area contributed by atoms with Gasteiger partial charge in [-0.15, -0.1) is 0 Å². The Hall–Kier alpha value is -1.82. The van der Waals surface area contributed by atoms with Crippen molar-refractivity contribution in [1.82, 2.24) is 0 Å². The summed E-state index contributed by atoms with van der Waals surface area (Å²) in [5.74, 6) is -24.2. The van der Waals surface area contributed by atoms with E-state index in [4.69, 9.17) is 0 Å². The maximum atomic E-state index is 13.3. The lowest BCUT2D eigenvalue weighted by Crippen LogP contribution is -2.42. The fraction of sp³-hybridized carbons (Fsp3) is 1.00. The molecule has 0 aromatic carbocycles. The highest BCUT2D eigenvalue weighted by atomic mass is 19.4. The molecule has 0 saturated carbocycles. The van der Waals surface area contributed by atoms with Crippen LogP contribution in [-0.4, -0.2) is 60.7 Å². The number of rotatable bonds is 18. The molecular formula is C30H40F26. The lowest BCUT2D eigenvalue weighted by molar-refractivity contribution is -0.302. The lowest BCUT2D eigenvalue weighted by atomic mass is 9.87. The largest absolute Gasteiger partial charge is 0.453 e. The third kappa shape index (κ3) is 30.3. The van der Waals surface area contributed by atoms with Crippen molar-refractivity contribution in [3.63, 3.8) is 0 Å². The number of hydrogen-bond acceptors (Lipinski definition) is 0. The number of hydrogen-bond donors (Lipinski definition) is 0. The van der Waals surface area contributed by atoms with E-state index in [0.717, 1.165) is 0 Å². The minimum absolute atomic E-state index is 0.0907. The van der Waals surface area contributed by atoms with Crippen LogP contribution >= 0.6 is 0 Å². The zero-order chi connectivity index (χ0) is 45.6. The van der Waals surface area contributed by atoms with Gasteiger partial charge in [0.05, 0.1) is 0 Å². The summed E-state index contributed by atoms with van der Waals surface area (Å²) in [6.07, 6.45) is -46.7. The zero-order valence-corrected chi connectivity index (χ0v) is 29.5. The molecule has 0 amide bonds. The van der Waals surface area contributed by atoms with Crippen molar-refractivity contribution in [2.45, 2.75) is 171 Å². The van der Waals surface area contributed by atoms with Crippen molar-refractivity contribution in [1.29, 1.82) is 0 Å². The molecule has 26 heteroatoms. The van der Waals surface area contributed by atoms with Crippen molar-refractivity contribution in [2.75, 3.05) is 0 Å². The van der Waals surface area contributed by atoms with Gasteiger partial charge in [0.2, 0.25) is 0 Å². The Balaban J connectivity index is -0.000000781. The Morgan fingerprint density at radius 1 is 0.321 bits per heavy atom. The van der Waals surface area contributed by atoms with E-state index >= 15 is 0 Å². The van der Waals surface area contributed by atoms with E-state index in [2.05, 4.69) is 0 Å². The lowest BCUT2D eigenvalue weighted by Gasteiger charge is -2.28. The molecule has 0 aliphatic carbocycles. The van der Waals surface area contributed by atoms with Gasteiger partial charge in [-0.2, -0.15) is 96.6 Å². The molecule has 0 aliphatic heterocycles. The quantitative estimate of drug-likeness (QED) is 0.120. The monoisotopic (exact) mass is 894 g/mol. The van der Waals surface area contributed by atoms with Crippen molar-refractivity contribution < 1.29 is 114 Å². The molecule has 0 rings (SSSR count). The van der Waals surface area contributed by atoms with Crippen LogP contribution in [0, 0.1) is 17.8 Å². The van der Waals surface area contributed by atoms with Crippen LogP contribution in [0.1, 0.15) is 111 Å². The van der Waals surface area contributed by atoms with E-state index in [1.54, 1.807) is 6.92 Å². The molecule has 0 unspecified atom stereocenters. The molecule has 0 radical (unpaired) electrons. The van der Waals surface area contributed by atoms with Crippen LogP contribution in [0.4, 0.5) is 114 Å². The maximum absolute atomic E-state index is 13.3. The van der Waals surface area contributed by atoms with E-state index in [1.165, 1.54) is 13.8 Å². The van der Waals surface area contributed by atoms with Crippen LogP contribution in [0.2, 0.25) is 0 Å².